The standard InChI is InChI=1S/C16H25N3O2/c1-4-9-17-15(20)10-18-16(21)12-19(3)11-14-8-6-5-7-13(14)2/h5-8H,4,9-12H2,1-3H3,(H,17,20)(H,18,21)/p+1. The van der Waals surface area contributed by atoms with Crippen LogP contribution in [0.2, 0.25) is 0 Å². The molecule has 1 unspecified atom stereocenters. The first-order chi connectivity index (χ1) is 10.0. The van der Waals surface area contributed by atoms with Gasteiger partial charge in [-0.3, -0.25) is 9.59 Å². The largest absolute Gasteiger partial charge is 0.355 e. The second-order valence-corrected chi connectivity index (χ2v) is 5.36. The van der Waals surface area contributed by atoms with Crippen molar-refractivity contribution >= 4 is 11.8 Å². The lowest BCUT2D eigenvalue weighted by Crippen LogP contribution is -3.09. The van der Waals surface area contributed by atoms with Gasteiger partial charge in [0.15, 0.2) is 6.54 Å². The van der Waals surface area contributed by atoms with Gasteiger partial charge < -0.3 is 15.5 Å². The molecule has 1 atom stereocenters. The summed E-state index contributed by atoms with van der Waals surface area (Å²) >= 11 is 0. The molecule has 0 aliphatic rings. The van der Waals surface area contributed by atoms with Crippen molar-refractivity contribution in [3.63, 3.8) is 0 Å². The van der Waals surface area contributed by atoms with Crippen molar-refractivity contribution in [1.29, 1.82) is 0 Å². The Morgan fingerprint density at radius 3 is 2.52 bits per heavy atom. The van der Waals surface area contributed by atoms with Gasteiger partial charge in [0.05, 0.1) is 13.6 Å². The number of hydrogen-bond donors (Lipinski definition) is 3. The fraction of sp³-hybridized carbons (Fsp3) is 0.500. The number of rotatable bonds is 8. The Bertz CT molecular complexity index is 474. The summed E-state index contributed by atoms with van der Waals surface area (Å²) in [6.07, 6.45) is 0.892. The average molecular weight is 292 g/mol. The van der Waals surface area contributed by atoms with Gasteiger partial charge in [-0.15, -0.1) is 0 Å². The quantitative estimate of drug-likeness (QED) is 0.613. The normalized spacial score (nSPS) is 11.8. The number of amides is 2. The maximum Gasteiger partial charge on any atom is 0.275 e. The highest BCUT2D eigenvalue weighted by Gasteiger charge is 2.12. The summed E-state index contributed by atoms with van der Waals surface area (Å²) in [6.45, 7) is 5.91. The van der Waals surface area contributed by atoms with Crippen molar-refractivity contribution in [1.82, 2.24) is 10.6 Å². The van der Waals surface area contributed by atoms with Crippen LogP contribution >= 0.6 is 0 Å². The SMILES string of the molecule is CCCNC(=O)CNC(=O)C[NH+](C)Cc1ccccc1C. The predicted octanol–water partition coefficient (Wildman–Crippen LogP) is -0.348. The van der Waals surface area contributed by atoms with Crippen LogP contribution in [0.25, 0.3) is 0 Å². The van der Waals surface area contributed by atoms with Crippen LogP contribution in [0.3, 0.4) is 0 Å². The number of aryl methyl sites for hydroxylation is 1. The Hall–Kier alpha value is -1.88. The number of benzene rings is 1. The molecule has 5 heteroatoms. The molecular weight excluding hydrogens is 266 g/mol. The Kier molecular flexibility index (Phi) is 7.46. The number of hydrogen-bond acceptors (Lipinski definition) is 2. The number of likely N-dealkylation sites (N-methyl/N-ethyl adjacent to an activating group) is 1. The Morgan fingerprint density at radius 1 is 1.14 bits per heavy atom. The Balaban J connectivity index is 2.31. The summed E-state index contributed by atoms with van der Waals surface area (Å²) < 4.78 is 0. The molecule has 0 fully saturated rings. The molecule has 0 aliphatic carbocycles. The molecule has 0 saturated carbocycles. The maximum atomic E-state index is 11.8. The molecule has 0 saturated heterocycles. The van der Waals surface area contributed by atoms with Crippen molar-refractivity contribution < 1.29 is 14.5 Å². The summed E-state index contributed by atoms with van der Waals surface area (Å²) in [7, 11) is 1.98. The van der Waals surface area contributed by atoms with Crippen LogP contribution in [0.15, 0.2) is 24.3 Å². The lowest BCUT2D eigenvalue weighted by molar-refractivity contribution is -0.885. The molecule has 1 aromatic rings. The van der Waals surface area contributed by atoms with E-state index >= 15 is 0 Å². The molecule has 0 radical (unpaired) electrons. The third kappa shape index (κ3) is 6.90. The minimum absolute atomic E-state index is 0.0521. The highest BCUT2D eigenvalue weighted by molar-refractivity contribution is 5.84. The van der Waals surface area contributed by atoms with Crippen molar-refractivity contribution in [2.24, 2.45) is 0 Å². The lowest BCUT2D eigenvalue weighted by Gasteiger charge is -2.15. The lowest BCUT2D eigenvalue weighted by atomic mass is 10.1. The van der Waals surface area contributed by atoms with Gasteiger partial charge in [0.2, 0.25) is 5.91 Å². The van der Waals surface area contributed by atoms with Crippen LogP contribution in [0.5, 0.6) is 0 Å². The minimum Gasteiger partial charge on any atom is -0.355 e. The van der Waals surface area contributed by atoms with Crippen molar-refractivity contribution in [3.05, 3.63) is 35.4 Å². The van der Waals surface area contributed by atoms with E-state index in [0.717, 1.165) is 17.9 Å². The topological polar surface area (TPSA) is 62.6 Å². The van der Waals surface area contributed by atoms with Gasteiger partial charge in [0.25, 0.3) is 5.91 Å². The molecule has 0 spiro atoms. The van der Waals surface area contributed by atoms with E-state index in [4.69, 9.17) is 0 Å². The molecule has 1 aromatic carbocycles. The van der Waals surface area contributed by atoms with Gasteiger partial charge in [-0.1, -0.05) is 31.2 Å². The predicted molar refractivity (Wildman–Crippen MR) is 82.9 cm³/mol. The van der Waals surface area contributed by atoms with Crippen molar-refractivity contribution in [3.8, 4) is 0 Å². The second-order valence-electron chi connectivity index (χ2n) is 5.36. The molecule has 3 N–H and O–H groups in total. The zero-order chi connectivity index (χ0) is 15.7. The van der Waals surface area contributed by atoms with Gasteiger partial charge in [-0.05, 0) is 18.9 Å². The van der Waals surface area contributed by atoms with Crippen LogP contribution in [-0.4, -0.2) is 38.5 Å². The number of carbonyl (C=O) groups is 2. The number of carbonyl (C=O) groups excluding carboxylic acids is 2. The van der Waals surface area contributed by atoms with Gasteiger partial charge in [0, 0.05) is 12.1 Å². The molecule has 0 heterocycles. The number of nitrogens with one attached hydrogen (secondary N) is 3. The van der Waals surface area contributed by atoms with Gasteiger partial charge >= 0.3 is 0 Å². The third-order valence-electron chi connectivity index (χ3n) is 3.23. The average Bonchev–Trinajstić information content (AvgIpc) is 2.45. The third-order valence-corrected chi connectivity index (χ3v) is 3.23. The first-order valence-electron chi connectivity index (χ1n) is 7.42. The first-order valence-corrected chi connectivity index (χ1v) is 7.42. The van der Waals surface area contributed by atoms with Crippen molar-refractivity contribution in [2.45, 2.75) is 26.8 Å². The van der Waals surface area contributed by atoms with E-state index in [9.17, 15) is 9.59 Å². The summed E-state index contributed by atoms with van der Waals surface area (Å²) in [6, 6.07) is 8.17. The van der Waals surface area contributed by atoms with Gasteiger partial charge in [-0.2, -0.15) is 0 Å². The smallest absolute Gasteiger partial charge is 0.275 e. The van der Waals surface area contributed by atoms with Gasteiger partial charge in [0.1, 0.15) is 6.54 Å². The van der Waals surface area contributed by atoms with E-state index in [2.05, 4.69) is 29.7 Å². The first kappa shape index (κ1) is 17.2. The van der Waals surface area contributed by atoms with Crippen LogP contribution in [-0.2, 0) is 16.1 Å². The molecule has 0 bridgehead atoms. The molecule has 2 amide bonds. The molecule has 5 nitrogen and oxygen atoms in total. The molecule has 1 rings (SSSR count). The molecule has 0 aromatic heterocycles. The molecule has 0 aliphatic heterocycles. The monoisotopic (exact) mass is 292 g/mol. The summed E-state index contributed by atoms with van der Waals surface area (Å²) in [5.41, 5.74) is 2.47. The fourth-order valence-electron chi connectivity index (χ4n) is 2.04. The Labute approximate surface area is 126 Å². The van der Waals surface area contributed by atoms with Crippen LogP contribution in [0.4, 0.5) is 0 Å². The van der Waals surface area contributed by atoms with Crippen molar-refractivity contribution in [2.75, 3.05) is 26.7 Å². The van der Waals surface area contributed by atoms with E-state index in [1.807, 2.05) is 26.1 Å². The minimum atomic E-state index is -0.137. The Morgan fingerprint density at radius 2 is 1.86 bits per heavy atom. The zero-order valence-electron chi connectivity index (χ0n) is 13.2. The van der Waals surface area contributed by atoms with E-state index in [-0.39, 0.29) is 18.4 Å². The fourth-order valence-corrected chi connectivity index (χ4v) is 2.04. The van der Waals surface area contributed by atoms with Crippen LogP contribution in [0.1, 0.15) is 24.5 Å². The summed E-state index contributed by atoms with van der Waals surface area (Å²) in [5, 5.41) is 5.38. The summed E-state index contributed by atoms with van der Waals surface area (Å²) in [5.74, 6) is -0.241. The van der Waals surface area contributed by atoms with E-state index in [1.54, 1.807) is 0 Å². The highest BCUT2D eigenvalue weighted by atomic mass is 16.2. The number of quaternary nitrogens is 1. The van der Waals surface area contributed by atoms with E-state index in [1.165, 1.54) is 11.1 Å². The van der Waals surface area contributed by atoms with E-state index in [0.29, 0.717) is 13.1 Å². The zero-order valence-corrected chi connectivity index (χ0v) is 13.2. The van der Waals surface area contributed by atoms with Gasteiger partial charge in [-0.25, -0.2) is 0 Å². The van der Waals surface area contributed by atoms with Crippen LogP contribution < -0.4 is 15.5 Å². The molecular formula is C16H26N3O2+. The highest BCUT2D eigenvalue weighted by Crippen LogP contribution is 2.04. The molecule has 116 valence electrons. The molecule has 21 heavy (non-hydrogen) atoms. The second kappa shape index (κ2) is 9.13. The van der Waals surface area contributed by atoms with Crippen LogP contribution in [0, 0.1) is 6.92 Å². The maximum absolute atomic E-state index is 11.8. The van der Waals surface area contributed by atoms with E-state index < -0.39 is 0 Å². The summed E-state index contributed by atoms with van der Waals surface area (Å²) in [4.78, 5) is 24.3.